The molecule has 0 aliphatic carbocycles. The lowest BCUT2D eigenvalue weighted by Crippen LogP contribution is -2.41. The minimum absolute atomic E-state index is 0.119. The van der Waals surface area contributed by atoms with Crippen molar-refractivity contribution < 1.29 is 0 Å². The summed E-state index contributed by atoms with van der Waals surface area (Å²) in [4.78, 5) is 5.35. The molecule has 1 heterocycles. The number of aromatic nitrogens is 2. The Morgan fingerprint density at radius 1 is 1.29 bits per heavy atom. The average Bonchev–Trinajstić information content (AvgIpc) is 2.91. The van der Waals surface area contributed by atoms with Crippen LogP contribution in [0.2, 0.25) is 5.02 Å². The van der Waals surface area contributed by atoms with Crippen molar-refractivity contribution in [1.82, 2.24) is 14.9 Å². The Hall–Kier alpha value is -0.970. The third-order valence-corrected chi connectivity index (χ3v) is 4.40. The fourth-order valence-electron chi connectivity index (χ4n) is 1.90. The number of imidazole rings is 1. The van der Waals surface area contributed by atoms with Gasteiger partial charge in [-0.3, -0.25) is 0 Å². The largest absolute Gasteiger partial charge is 0.336 e. The van der Waals surface area contributed by atoms with E-state index in [1.165, 1.54) is 4.90 Å². The van der Waals surface area contributed by atoms with Gasteiger partial charge in [0.2, 0.25) is 0 Å². The number of hydrogen-bond acceptors (Lipinski definition) is 3. The van der Waals surface area contributed by atoms with Gasteiger partial charge >= 0.3 is 0 Å². The molecule has 0 aliphatic heterocycles. The second kappa shape index (κ2) is 7.34. The molecule has 1 aromatic carbocycles. The van der Waals surface area contributed by atoms with E-state index < -0.39 is 0 Å². The first kappa shape index (κ1) is 16.4. The van der Waals surface area contributed by atoms with Crippen molar-refractivity contribution in [3.05, 3.63) is 48.0 Å². The number of thioether (sulfide) groups is 1. The van der Waals surface area contributed by atoms with Gasteiger partial charge < -0.3 is 9.88 Å². The molecule has 5 heteroatoms. The van der Waals surface area contributed by atoms with E-state index in [0.717, 1.165) is 18.1 Å². The number of rotatable bonds is 6. The number of nitrogens with one attached hydrogen (secondary N) is 1. The van der Waals surface area contributed by atoms with Crippen LogP contribution in [0.15, 0.2) is 47.9 Å². The van der Waals surface area contributed by atoms with Gasteiger partial charge in [0.05, 0.1) is 6.33 Å². The predicted molar refractivity (Wildman–Crippen MR) is 91.1 cm³/mol. The van der Waals surface area contributed by atoms with Gasteiger partial charge in [0.15, 0.2) is 0 Å². The van der Waals surface area contributed by atoms with Crippen LogP contribution in [0, 0.1) is 0 Å². The fraction of sp³-hybridized carbons (Fsp3) is 0.438. The van der Waals surface area contributed by atoms with E-state index in [9.17, 15) is 0 Å². The summed E-state index contributed by atoms with van der Waals surface area (Å²) < 4.78 is 2.12. The molecule has 2 aromatic rings. The van der Waals surface area contributed by atoms with Gasteiger partial charge in [0, 0.05) is 46.2 Å². The molecular formula is C16H22ClN3S. The molecule has 0 saturated heterocycles. The van der Waals surface area contributed by atoms with Gasteiger partial charge in [-0.1, -0.05) is 11.6 Å². The minimum Gasteiger partial charge on any atom is -0.336 e. The molecule has 0 fully saturated rings. The van der Waals surface area contributed by atoms with Crippen molar-refractivity contribution in [3.63, 3.8) is 0 Å². The lowest BCUT2D eigenvalue weighted by atomic mass is 10.1. The van der Waals surface area contributed by atoms with Gasteiger partial charge in [-0.05, 0) is 45.0 Å². The SMILES string of the molecule is CC(C)(C)NCC(Cn1ccnc1)Sc1ccc(Cl)cc1. The highest BCUT2D eigenvalue weighted by Crippen LogP contribution is 2.26. The molecule has 21 heavy (non-hydrogen) atoms. The Bertz CT molecular complexity index is 532. The van der Waals surface area contributed by atoms with Crippen molar-refractivity contribution in [1.29, 1.82) is 0 Å². The molecule has 0 aliphatic rings. The monoisotopic (exact) mass is 323 g/mol. The number of hydrogen-bond donors (Lipinski definition) is 1. The van der Waals surface area contributed by atoms with Gasteiger partial charge in [-0.25, -0.2) is 4.98 Å². The number of nitrogens with zero attached hydrogens (tertiary/aromatic N) is 2. The normalized spacial score (nSPS) is 13.3. The van der Waals surface area contributed by atoms with E-state index in [0.29, 0.717) is 5.25 Å². The summed E-state index contributed by atoms with van der Waals surface area (Å²) in [5.74, 6) is 0. The van der Waals surface area contributed by atoms with Crippen LogP contribution in [0.1, 0.15) is 20.8 Å². The van der Waals surface area contributed by atoms with Crippen LogP contribution < -0.4 is 5.32 Å². The quantitative estimate of drug-likeness (QED) is 0.812. The molecule has 1 aromatic heterocycles. The summed E-state index contributed by atoms with van der Waals surface area (Å²) in [6.45, 7) is 8.43. The minimum atomic E-state index is 0.119. The summed E-state index contributed by atoms with van der Waals surface area (Å²) in [6.07, 6.45) is 5.69. The zero-order valence-electron chi connectivity index (χ0n) is 12.7. The maximum atomic E-state index is 5.95. The fourth-order valence-corrected chi connectivity index (χ4v) is 3.12. The molecule has 1 unspecified atom stereocenters. The van der Waals surface area contributed by atoms with Crippen molar-refractivity contribution in [2.24, 2.45) is 0 Å². The average molecular weight is 324 g/mol. The maximum Gasteiger partial charge on any atom is 0.0946 e. The molecule has 0 bridgehead atoms. The summed E-state index contributed by atoms with van der Waals surface area (Å²) in [5, 5.41) is 4.79. The van der Waals surface area contributed by atoms with Crippen LogP contribution in [0.4, 0.5) is 0 Å². The van der Waals surface area contributed by atoms with E-state index in [-0.39, 0.29) is 5.54 Å². The molecule has 0 spiro atoms. The zero-order chi connectivity index (χ0) is 15.3. The summed E-state index contributed by atoms with van der Waals surface area (Å²) in [5.41, 5.74) is 0.119. The van der Waals surface area contributed by atoms with Crippen LogP contribution in [-0.2, 0) is 6.54 Å². The highest BCUT2D eigenvalue weighted by Gasteiger charge is 2.16. The van der Waals surface area contributed by atoms with Crippen LogP contribution in [-0.4, -0.2) is 26.9 Å². The molecule has 0 radical (unpaired) electrons. The topological polar surface area (TPSA) is 29.9 Å². The van der Waals surface area contributed by atoms with Gasteiger partial charge in [0.25, 0.3) is 0 Å². The first-order valence-electron chi connectivity index (χ1n) is 7.05. The molecule has 1 N–H and O–H groups in total. The van der Waals surface area contributed by atoms with Crippen LogP contribution in [0.25, 0.3) is 0 Å². The second-order valence-corrected chi connectivity index (χ2v) is 7.89. The van der Waals surface area contributed by atoms with Crippen LogP contribution in [0.3, 0.4) is 0 Å². The molecule has 3 nitrogen and oxygen atoms in total. The van der Waals surface area contributed by atoms with Gasteiger partial charge in [-0.2, -0.15) is 0 Å². The lowest BCUT2D eigenvalue weighted by molar-refractivity contribution is 0.417. The number of halogens is 1. The zero-order valence-corrected chi connectivity index (χ0v) is 14.3. The second-order valence-electron chi connectivity index (χ2n) is 6.08. The third kappa shape index (κ3) is 6.12. The molecule has 0 saturated carbocycles. The Morgan fingerprint density at radius 2 is 2.00 bits per heavy atom. The van der Waals surface area contributed by atoms with Gasteiger partial charge in [0.1, 0.15) is 0 Å². The Balaban J connectivity index is 2.01. The lowest BCUT2D eigenvalue weighted by Gasteiger charge is -2.25. The molecule has 0 amide bonds. The standard InChI is InChI=1S/C16H22ClN3S/c1-16(2,3)19-10-15(11-20-9-8-18-12-20)21-14-6-4-13(17)5-7-14/h4-9,12,15,19H,10-11H2,1-3H3. The molecule has 2 rings (SSSR count). The van der Waals surface area contributed by atoms with Gasteiger partial charge in [-0.15, -0.1) is 11.8 Å². The molecule has 1 atom stereocenters. The maximum absolute atomic E-state index is 5.95. The summed E-state index contributed by atoms with van der Waals surface area (Å²) in [7, 11) is 0. The molecular weight excluding hydrogens is 302 g/mol. The van der Waals surface area contributed by atoms with E-state index >= 15 is 0 Å². The third-order valence-electron chi connectivity index (χ3n) is 2.95. The van der Waals surface area contributed by atoms with Crippen molar-refractivity contribution in [3.8, 4) is 0 Å². The first-order chi connectivity index (χ1) is 9.92. The Kier molecular flexibility index (Phi) is 5.73. The molecule has 114 valence electrons. The van der Waals surface area contributed by atoms with Crippen molar-refractivity contribution >= 4 is 23.4 Å². The van der Waals surface area contributed by atoms with E-state index in [4.69, 9.17) is 11.6 Å². The van der Waals surface area contributed by atoms with Crippen molar-refractivity contribution in [2.45, 2.75) is 43.0 Å². The highest BCUT2D eigenvalue weighted by molar-refractivity contribution is 8.00. The predicted octanol–water partition coefficient (Wildman–Crippen LogP) is 4.09. The van der Waals surface area contributed by atoms with Crippen molar-refractivity contribution in [2.75, 3.05) is 6.54 Å². The highest BCUT2D eigenvalue weighted by atomic mass is 35.5. The summed E-state index contributed by atoms with van der Waals surface area (Å²) in [6, 6.07) is 8.03. The van der Waals surface area contributed by atoms with E-state index in [1.54, 1.807) is 0 Å². The Labute approximate surface area is 136 Å². The van der Waals surface area contributed by atoms with E-state index in [1.807, 2.05) is 42.6 Å². The summed E-state index contributed by atoms with van der Waals surface area (Å²) >= 11 is 7.82. The van der Waals surface area contributed by atoms with E-state index in [2.05, 4.69) is 47.8 Å². The van der Waals surface area contributed by atoms with Crippen LogP contribution >= 0.6 is 23.4 Å². The smallest absolute Gasteiger partial charge is 0.0946 e. The first-order valence-corrected chi connectivity index (χ1v) is 8.31. The Morgan fingerprint density at radius 3 is 2.57 bits per heavy atom. The number of benzene rings is 1. The van der Waals surface area contributed by atoms with Crippen LogP contribution in [0.5, 0.6) is 0 Å².